The first kappa shape index (κ1) is 18.3. The molecule has 0 aliphatic carbocycles. The molecular weight excluding hydrogens is 260 g/mol. The number of ether oxygens (including phenoxy) is 1. The van der Waals surface area contributed by atoms with Crippen molar-refractivity contribution in [3.8, 4) is 0 Å². The first-order valence-electron chi connectivity index (χ1n) is 7.08. The van der Waals surface area contributed by atoms with Gasteiger partial charge in [0.25, 0.3) is 0 Å². The molecule has 0 N–H and O–H groups in total. The van der Waals surface area contributed by atoms with Gasteiger partial charge in [0.1, 0.15) is 0 Å². The summed E-state index contributed by atoms with van der Waals surface area (Å²) in [4.78, 5) is 10.9. The van der Waals surface area contributed by atoms with Crippen molar-refractivity contribution < 1.29 is 18.4 Å². The molecule has 0 aromatic carbocycles. The monoisotopic (exact) mass is 288 g/mol. The lowest BCUT2D eigenvalue weighted by atomic mass is 10.3. The Kier molecular flexibility index (Phi) is 9.82. The van der Waals surface area contributed by atoms with Crippen LogP contribution in [0.5, 0.6) is 0 Å². The Labute approximate surface area is 118 Å². The largest absolute Gasteiger partial charge is 0.463 e. The molecule has 4 nitrogen and oxygen atoms in total. The minimum atomic E-state index is -2.15. The maximum Gasteiger partial charge on any atom is 0.335 e. The maximum absolute atomic E-state index is 10.9. The van der Waals surface area contributed by atoms with Crippen molar-refractivity contribution in [2.75, 3.05) is 13.2 Å². The Morgan fingerprint density at radius 3 is 2.58 bits per heavy atom. The highest BCUT2D eigenvalue weighted by atomic mass is 28.4. The van der Waals surface area contributed by atoms with Crippen LogP contribution in [0.1, 0.15) is 40.0 Å². The van der Waals surface area contributed by atoms with Gasteiger partial charge in [-0.05, 0) is 38.8 Å². The number of hydrogen-bond donors (Lipinski definition) is 0. The molecule has 19 heavy (non-hydrogen) atoms. The van der Waals surface area contributed by atoms with Crippen molar-refractivity contribution >= 4 is 14.5 Å². The van der Waals surface area contributed by atoms with E-state index in [-0.39, 0.29) is 12.1 Å². The summed E-state index contributed by atoms with van der Waals surface area (Å²) in [5.41, 5.74) is 0. The van der Waals surface area contributed by atoms with E-state index in [0.29, 0.717) is 6.61 Å². The molecule has 0 aliphatic rings. The second kappa shape index (κ2) is 10.2. The molecular formula is C14H28O4Si. The molecule has 0 saturated carbocycles. The lowest BCUT2D eigenvalue weighted by Gasteiger charge is -2.30. The van der Waals surface area contributed by atoms with E-state index in [2.05, 4.69) is 33.9 Å². The lowest BCUT2D eigenvalue weighted by molar-refractivity contribution is -0.137. The van der Waals surface area contributed by atoms with Gasteiger partial charge in [-0.15, -0.1) is 0 Å². The molecule has 0 heterocycles. The molecule has 5 heteroatoms. The SMILES string of the molecule is C=CC(=O)OCCC[Si@](C)(OCCC)OC(C)CC. The molecule has 1 unspecified atom stereocenters. The molecule has 0 amide bonds. The van der Waals surface area contributed by atoms with Crippen LogP contribution in [-0.4, -0.2) is 33.8 Å². The highest BCUT2D eigenvalue weighted by molar-refractivity contribution is 6.66. The number of hydrogen-bond acceptors (Lipinski definition) is 4. The Bertz CT molecular complexity index is 270. The molecule has 0 bridgehead atoms. The predicted molar refractivity (Wildman–Crippen MR) is 79.3 cm³/mol. The van der Waals surface area contributed by atoms with Gasteiger partial charge < -0.3 is 13.6 Å². The zero-order valence-corrected chi connectivity index (χ0v) is 13.7. The van der Waals surface area contributed by atoms with Gasteiger partial charge in [-0.2, -0.15) is 0 Å². The highest BCUT2D eigenvalue weighted by Crippen LogP contribution is 2.19. The molecule has 0 aromatic rings. The van der Waals surface area contributed by atoms with Crippen LogP contribution in [0.25, 0.3) is 0 Å². The minimum Gasteiger partial charge on any atom is -0.463 e. The number of carbonyl (C=O) groups excluding carboxylic acids is 1. The van der Waals surface area contributed by atoms with E-state index in [1.54, 1.807) is 0 Å². The summed E-state index contributed by atoms with van der Waals surface area (Å²) in [6.45, 7) is 12.8. The van der Waals surface area contributed by atoms with E-state index in [9.17, 15) is 4.79 Å². The van der Waals surface area contributed by atoms with Gasteiger partial charge in [0, 0.05) is 18.8 Å². The Morgan fingerprint density at radius 1 is 1.37 bits per heavy atom. The fourth-order valence-electron chi connectivity index (χ4n) is 1.62. The third-order valence-corrected chi connectivity index (χ3v) is 5.80. The van der Waals surface area contributed by atoms with Gasteiger partial charge in [0.2, 0.25) is 0 Å². The van der Waals surface area contributed by atoms with Crippen LogP contribution in [0.2, 0.25) is 12.6 Å². The second-order valence-electron chi connectivity index (χ2n) is 4.79. The van der Waals surface area contributed by atoms with Crippen LogP contribution < -0.4 is 0 Å². The van der Waals surface area contributed by atoms with Gasteiger partial charge in [-0.3, -0.25) is 0 Å². The zero-order valence-electron chi connectivity index (χ0n) is 12.7. The third kappa shape index (κ3) is 8.97. The van der Waals surface area contributed by atoms with Crippen LogP contribution >= 0.6 is 0 Å². The average Bonchev–Trinajstić information content (AvgIpc) is 2.41. The molecule has 0 saturated heterocycles. The number of esters is 1. The quantitative estimate of drug-likeness (QED) is 0.253. The normalized spacial score (nSPS) is 15.6. The molecule has 0 fully saturated rings. The summed E-state index contributed by atoms with van der Waals surface area (Å²) in [6.07, 6.45) is 4.12. The standard InChI is InChI=1S/C14H28O4Si/c1-6-10-17-19(5,18-13(4)7-2)12-9-11-16-14(15)8-3/h8,13H,3,6-7,9-12H2,1-2,4-5H3/t13?,19-/m1/s1. The Morgan fingerprint density at radius 2 is 2.05 bits per heavy atom. The Hall–Kier alpha value is -0.653. The van der Waals surface area contributed by atoms with Gasteiger partial charge in [0.15, 0.2) is 0 Å². The number of carbonyl (C=O) groups is 1. The van der Waals surface area contributed by atoms with Crippen molar-refractivity contribution in [3.63, 3.8) is 0 Å². The van der Waals surface area contributed by atoms with Crippen LogP contribution in [0.15, 0.2) is 12.7 Å². The van der Waals surface area contributed by atoms with Crippen molar-refractivity contribution in [1.82, 2.24) is 0 Å². The topological polar surface area (TPSA) is 44.8 Å². The lowest BCUT2D eigenvalue weighted by Crippen LogP contribution is -2.41. The summed E-state index contributed by atoms with van der Waals surface area (Å²) in [6, 6.07) is 0.835. The van der Waals surface area contributed by atoms with E-state index in [1.807, 2.05) is 0 Å². The molecule has 0 aromatic heterocycles. The molecule has 0 rings (SSSR count). The van der Waals surface area contributed by atoms with Gasteiger partial charge >= 0.3 is 14.5 Å². The smallest absolute Gasteiger partial charge is 0.335 e. The third-order valence-electron chi connectivity index (χ3n) is 2.82. The average molecular weight is 288 g/mol. The van der Waals surface area contributed by atoms with Crippen LogP contribution in [0.4, 0.5) is 0 Å². The molecule has 0 spiro atoms. The van der Waals surface area contributed by atoms with Crippen LogP contribution in [0, 0.1) is 0 Å². The van der Waals surface area contributed by atoms with Crippen molar-refractivity contribution in [1.29, 1.82) is 0 Å². The molecule has 2 atom stereocenters. The summed E-state index contributed by atoms with van der Waals surface area (Å²) >= 11 is 0. The van der Waals surface area contributed by atoms with Gasteiger partial charge in [-0.1, -0.05) is 20.4 Å². The molecule has 112 valence electrons. The van der Waals surface area contributed by atoms with E-state index < -0.39 is 8.56 Å². The highest BCUT2D eigenvalue weighted by Gasteiger charge is 2.32. The minimum absolute atomic E-state index is 0.212. The van der Waals surface area contributed by atoms with Crippen LogP contribution in [-0.2, 0) is 18.4 Å². The zero-order chi connectivity index (χ0) is 14.7. The van der Waals surface area contributed by atoms with E-state index >= 15 is 0 Å². The summed E-state index contributed by atoms with van der Waals surface area (Å²) < 4.78 is 17.0. The predicted octanol–water partition coefficient (Wildman–Crippen LogP) is 3.42. The first-order chi connectivity index (χ1) is 8.97. The second-order valence-corrected chi connectivity index (χ2v) is 8.09. The number of rotatable bonds is 11. The molecule has 0 aliphatic heterocycles. The van der Waals surface area contributed by atoms with E-state index in [0.717, 1.165) is 31.9 Å². The summed E-state index contributed by atoms with van der Waals surface area (Å²) in [5.74, 6) is -0.374. The van der Waals surface area contributed by atoms with Gasteiger partial charge in [0.05, 0.1) is 6.61 Å². The fourth-order valence-corrected chi connectivity index (χ4v) is 4.39. The van der Waals surface area contributed by atoms with Gasteiger partial charge in [-0.25, -0.2) is 4.79 Å². The van der Waals surface area contributed by atoms with Crippen molar-refractivity contribution in [3.05, 3.63) is 12.7 Å². The molecule has 0 radical (unpaired) electrons. The van der Waals surface area contributed by atoms with Crippen molar-refractivity contribution in [2.24, 2.45) is 0 Å². The van der Waals surface area contributed by atoms with E-state index in [1.165, 1.54) is 6.08 Å². The Balaban J connectivity index is 4.17. The fraction of sp³-hybridized carbons (Fsp3) is 0.786. The van der Waals surface area contributed by atoms with E-state index in [4.69, 9.17) is 13.6 Å². The van der Waals surface area contributed by atoms with Crippen LogP contribution in [0.3, 0.4) is 0 Å². The van der Waals surface area contributed by atoms with Crippen molar-refractivity contribution in [2.45, 2.75) is 58.7 Å². The summed E-state index contributed by atoms with van der Waals surface area (Å²) in [5, 5.41) is 0. The maximum atomic E-state index is 10.9. The first-order valence-corrected chi connectivity index (χ1v) is 9.60. The summed E-state index contributed by atoms with van der Waals surface area (Å²) in [7, 11) is -2.15.